The van der Waals surface area contributed by atoms with E-state index >= 15 is 0 Å². The summed E-state index contributed by atoms with van der Waals surface area (Å²) in [7, 11) is 0. The van der Waals surface area contributed by atoms with Gasteiger partial charge in [-0.05, 0) is 24.3 Å². The van der Waals surface area contributed by atoms with E-state index in [1.54, 1.807) is 18.3 Å². The monoisotopic (exact) mass is 335 g/mol. The minimum absolute atomic E-state index is 0.0876. The molecule has 2 aromatic rings. The number of carbonyl (C=O) groups excluding carboxylic acids is 2. The molecule has 3 rings (SSSR count). The lowest BCUT2D eigenvalue weighted by Gasteiger charge is -2.07. The number of ether oxygens (including phenoxy) is 2. The maximum Gasteiger partial charge on any atom is 0.347 e. The van der Waals surface area contributed by atoms with Gasteiger partial charge in [0.05, 0.1) is 19.2 Å². The van der Waals surface area contributed by atoms with Crippen molar-refractivity contribution in [1.82, 2.24) is 4.98 Å². The zero-order valence-electron chi connectivity index (χ0n) is 12.2. The van der Waals surface area contributed by atoms with Gasteiger partial charge in [-0.1, -0.05) is 11.6 Å². The number of aromatic nitrogens is 1. The van der Waals surface area contributed by atoms with E-state index in [-0.39, 0.29) is 6.42 Å². The maximum atomic E-state index is 11.7. The molecule has 6 nitrogen and oxygen atoms in total. The molecule has 1 aromatic heterocycles. The lowest BCUT2D eigenvalue weighted by Crippen LogP contribution is -2.22. The first kappa shape index (κ1) is 15.6. The summed E-state index contributed by atoms with van der Waals surface area (Å²) in [6.07, 6.45) is 1.61. The number of rotatable bonds is 5. The number of benzene rings is 1. The molecule has 7 heteroatoms. The van der Waals surface area contributed by atoms with Gasteiger partial charge in [0.1, 0.15) is 0 Å². The van der Waals surface area contributed by atoms with Gasteiger partial charge >= 0.3 is 11.9 Å². The largest absolute Gasteiger partial charge is 0.463 e. The summed E-state index contributed by atoms with van der Waals surface area (Å²) in [5, 5.41) is 0.640. The summed E-state index contributed by atoms with van der Waals surface area (Å²) in [5.41, 5.74) is 0.851. The van der Waals surface area contributed by atoms with Crippen molar-refractivity contribution in [2.45, 2.75) is 25.4 Å². The molecule has 1 aliphatic rings. The molecule has 1 atom stereocenters. The minimum Gasteiger partial charge on any atom is -0.463 e. The van der Waals surface area contributed by atoms with Crippen LogP contribution in [0.25, 0.3) is 11.3 Å². The third-order valence-corrected chi connectivity index (χ3v) is 3.64. The average molecular weight is 336 g/mol. The molecule has 120 valence electrons. The summed E-state index contributed by atoms with van der Waals surface area (Å²) < 4.78 is 15.4. The fraction of sp³-hybridized carbons (Fsp3) is 0.312. The van der Waals surface area contributed by atoms with Crippen molar-refractivity contribution in [1.29, 1.82) is 0 Å². The molecule has 0 radical (unpaired) electrons. The third-order valence-electron chi connectivity index (χ3n) is 3.39. The molecule has 23 heavy (non-hydrogen) atoms. The van der Waals surface area contributed by atoms with Crippen molar-refractivity contribution < 1.29 is 23.5 Å². The van der Waals surface area contributed by atoms with Crippen LogP contribution in [0.4, 0.5) is 0 Å². The second kappa shape index (κ2) is 6.83. The standard InChI is InChI=1S/C16H14ClNO5/c17-11-3-1-10(2-4-11)13-9-18-14(22-13)5-6-15(19)23-12-7-8-21-16(12)20/h1-4,9,12H,5-8H2. The van der Waals surface area contributed by atoms with Gasteiger partial charge in [0.25, 0.3) is 0 Å². The number of halogens is 1. The number of aryl methyl sites for hydroxylation is 1. The molecule has 1 saturated heterocycles. The first-order chi connectivity index (χ1) is 11.1. The lowest BCUT2D eigenvalue weighted by atomic mass is 10.2. The van der Waals surface area contributed by atoms with E-state index in [2.05, 4.69) is 4.98 Å². The topological polar surface area (TPSA) is 78.6 Å². The van der Waals surface area contributed by atoms with Crippen LogP contribution in [-0.2, 0) is 25.5 Å². The first-order valence-electron chi connectivity index (χ1n) is 7.18. The van der Waals surface area contributed by atoms with E-state index in [9.17, 15) is 9.59 Å². The van der Waals surface area contributed by atoms with Crippen LogP contribution >= 0.6 is 11.6 Å². The highest BCUT2D eigenvalue weighted by Crippen LogP contribution is 2.22. The first-order valence-corrected chi connectivity index (χ1v) is 7.56. The molecule has 0 amide bonds. The Morgan fingerprint density at radius 3 is 2.83 bits per heavy atom. The fourth-order valence-corrected chi connectivity index (χ4v) is 2.31. The second-order valence-electron chi connectivity index (χ2n) is 5.06. The van der Waals surface area contributed by atoms with Gasteiger partial charge < -0.3 is 13.9 Å². The Labute approximate surface area is 137 Å². The summed E-state index contributed by atoms with van der Waals surface area (Å²) in [5.74, 6) is 0.0740. The van der Waals surface area contributed by atoms with Crippen molar-refractivity contribution in [3.63, 3.8) is 0 Å². The van der Waals surface area contributed by atoms with E-state index in [4.69, 9.17) is 25.5 Å². The molecular weight excluding hydrogens is 322 g/mol. The molecule has 1 aromatic carbocycles. The van der Waals surface area contributed by atoms with Crippen LogP contribution in [0, 0.1) is 0 Å². The van der Waals surface area contributed by atoms with Crippen molar-refractivity contribution >= 4 is 23.5 Å². The van der Waals surface area contributed by atoms with Crippen LogP contribution in [0.3, 0.4) is 0 Å². The van der Waals surface area contributed by atoms with E-state index in [1.165, 1.54) is 0 Å². The van der Waals surface area contributed by atoms with Gasteiger partial charge in [-0.15, -0.1) is 0 Å². The number of carbonyl (C=O) groups is 2. The Kier molecular flexibility index (Phi) is 4.62. The second-order valence-corrected chi connectivity index (χ2v) is 5.50. The van der Waals surface area contributed by atoms with E-state index in [1.807, 2.05) is 12.1 Å². The van der Waals surface area contributed by atoms with Crippen molar-refractivity contribution in [3.8, 4) is 11.3 Å². The molecule has 0 aliphatic carbocycles. The average Bonchev–Trinajstić information content (AvgIpc) is 3.16. The Morgan fingerprint density at radius 1 is 1.35 bits per heavy atom. The Hall–Kier alpha value is -2.34. The summed E-state index contributed by atoms with van der Waals surface area (Å²) in [4.78, 5) is 27.1. The number of cyclic esters (lactones) is 1. The smallest absolute Gasteiger partial charge is 0.347 e. The zero-order valence-corrected chi connectivity index (χ0v) is 12.9. The number of hydrogen-bond acceptors (Lipinski definition) is 6. The molecule has 0 bridgehead atoms. The molecule has 0 saturated carbocycles. The highest BCUT2D eigenvalue weighted by Gasteiger charge is 2.30. The van der Waals surface area contributed by atoms with Crippen LogP contribution in [0.2, 0.25) is 5.02 Å². The Bertz CT molecular complexity index is 710. The normalized spacial score (nSPS) is 17.1. The van der Waals surface area contributed by atoms with E-state index < -0.39 is 18.0 Å². The molecule has 2 heterocycles. The number of esters is 2. The quantitative estimate of drug-likeness (QED) is 0.782. The fourth-order valence-electron chi connectivity index (χ4n) is 2.18. The van der Waals surface area contributed by atoms with Gasteiger partial charge in [0.15, 0.2) is 11.7 Å². The summed E-state index contributed by atoms with van der Waals surface area (Å²) in [6, 6.07) is 7.17. The number of nitrogens with zero attached hydrogens (tertiary/aromatic N) is 1. The predicted octanol–water partition coefficient (Wildman–Crippen LogP) is 2.79. The molecule has 0 spiro atoms. The van der Waals surface area contributed by atoms with Gasteiger partial charge in [-0.2, -0.15) is 0 Å². The van der Waals surface area contributed by atoms with Gasteiger partial charge in [0, 0.05) is 23.4 Å². The summed E-state index contributed by atoms with van der Waals surface area (Å²) >= 11 is 5.84. The third kappa shape index (κ3) is 3.90. The van der Waals surface area contributed by atoms with E-state index in [0.29, 0.717) is 36.1 Å². The van der Waals surface area contributed by atoms with Gasteiger partial charge in [0.2, 0.25) is 6.10 Å². The zero-order chi connectivity index (χ0) is 16.2. The maximum absolute atomic E-state index is 11.7. The van der Waals surface area contributed by atoms with Crippen LogP contribution in [0.1, 0.15) is 18.7 Å². The van der Waals surface area contributed by atoms with Crippen LogP contribution in [0.5, 0.6) is 0 Å². The highest BCUT2D eigenvalue weighted by molar-refractivity contribution is 6.30. The molecular formula is C16H14ClNO5. The minimum atomic E-state index is -0.781. The van der Waals surface area contributed by atoms with Crippen LogP contribution in [0.15, 0.2) is 34.9 Å². The number of hydrogen-bond donors (Lipinski definition) is 0. The molecule has 1 unspecified atom stereocenters. The van der Waals surface area contributed by atoms with Gasteiger partial charge in [-0.25, -0.2) is 9.78 Å². The number of oxazole rings is 1. The SMILES string of the molecule is O=C(CCc1ncc(-c2ccc(Cl)cc2)o1)OC1CCOC1=O. The van der Waals surface area contributed by atoms with Crippen molar-refractivity contribution in [3.05, 3.63) is 41.4 Å². The molecule has 1 fully saturated rings. The van der Waals surface area contributed by atoms with Gasteiger partial charge in [-0.3, -0.25) is 4.79 Å². The van der Waals surface area contributed by atoms with E-state index in [0.717, 1.165) is 5.56 Å². The Balaban J connectivity index is 1.53. The lowest BCUT2D eigenvalue weighted by molar-refractivity contribution is -0.160. The summed E-state index contributed by atoms with van der Waals surface area (Å²) in [6.45, 7) is 0.293. The van der Waals surface area contributed by atoms with Crippen LogP contribution in [-0.4, -0.2) is 29.6 Å². The van der Waals surface area contributed by atoms with Crippen molar-refractivity contribution in [2.75, 3.05) is 6.61 Å². The molecule has 1 aliphatic heterocycles. The highest BCUT2D eigenvalue weighted by atomic mass is 35.5. The van der Waals surface area contributed by atoms with Crippen molar-refractivity contribution in [2.24, 2.45) is 0 Å². The predicted molar refractivity (Wildman–Crippen MR) is 80.7 cm³/mol. The molecule has 0 N–H and O–H groups in total. The Morgan fingerprint density at radius 2 is 2.13 bits per heavy atom. The van der Waals surface area contributed by atoms with Crippen LogP contribution < -0.4 is 0 Å².